The molecule has 1 fully saturated rings. The lowest BCUT2D eigenvalue weighted by Gasteiger charge is -2.17. The monoisotopic (exact) mass is 531 g/mol. The van der Waals surface area contributed by atoms with E-state index >= 15 is 0 Å². The van der Waals surface area contributed by atoms with Gasteiger partial charge in [-0.3, -0.25) is 9.59 Å². The highest BCUT2D eigenvalue weighted by Crippen LogP contribution is 2.38. The Labute approximate surface area is 206 Å². The van der Waals surface area contributed by atoms with E-state index in [9.17, 15) is 14.4 Å². The van der Waals surface area contributed by atoms with Crippen LogP contribution >= 0.6 is 15.9 Å². The van der Waals surface area contributed by atoms with Gasteiger partial charge in [-0.25, -0.2) is 9.69 Å². The van der Waals surface area contributed by atoms with Gasteiger partial charge < -0.3 is 24.8 Å². The molecule has 0 aromatic heterocycles. The number of methoxy groups -OCH3 is 2. The molecule has 3 rings (SSSR count). The van der Waals surface area contributed by atoms with Crippen molar-refractivity contribution in [2.24, 2.45) is 0 Å². The summed E-state index contributed by atoms with van der Waals surface area (Å²) in [4.78, 5) is 38.5. The number of para-hydroxylation sites is 2. The minimum Gasteiger partial charge on any atom is -0.495 e. The fourth-order valence-electron chi connectivity index (χ4n) is 3.19. The fraction of sp³-hybridized carbons (Fsp3) is 0.292. The summed E-state index contributed by atoms with van der Waals surface area (Å²) in [6.07, 6.45) is 2.32. The van der Waals surface area contributed by atoms with Crippen molar-refractivity contribution < 1.29 is 28.6 Å². The maximum Gasteiger partial charge on any atom is 0.329 e. The van der Waals surface area contributed by atoms with E-state index in [2.05, 4.69) is 26.6 Å². The molecule has 34 heavy (non-hydrogen) atoms. The summed E-state index contributed by atoms with van der Waals surface area (Å²) in [6.45, 7) is 3.52. The Morgan fingerprint density at radius 3 is 2.56 bits per heavy atom. The smallest absolute Gasteiger partial charge is 0.329 e. The van der Waals surface area contributed by atoms with E-state index in [1.165, 1.54) is 20.3 Å². The average molecular weight is 532 g/mol. The normalized spacial score (nSPS) is 15.2. The van der Waals surface area contributed by atoms with E-state index in [0.717, 1.165) is 11.3 Å². The first-order valence-corrected chi connectivity index (χ1v) is 11.4. The Morgan fingerprint density at radius 1 is 1.18 bits per heavy atom. The van der Waals surface area contributed by atoms with E-state index in [-0.39, 0.29) is 11.8 Å². The van der Waals surface area contributed by atoms with Crippen LogP contribution in [0, 0.1) is 0 Å². The summed E-state index contributed by atoms with van der Waals surface area (Å²) in [7, 11) is 3.00. The molecule has 0 radical (unpaired) electrons. The van der Waals surface area contributed by atoms with Crippen LogP contribution in [-0.4, -0.2) is 49.6 Å². The molecule has 1 saturated heterocycles. The molecule has 2 N–H and O–H groups in total. The molecular formula is C24H26BrN3O6. The largest absolute Gasteiger partial charge is 0.495 e. The molecule has 1 heterocycles. The number of benzene rings is 2. The van der Waals surface area contributed by atoms with Crippen molar-refractivity contribution in [2.45, 2.75) is 26.4 Å². The number of carbonyl (C=O) groups excluding carboxylic acids is 3. The third kappa shape index (κ3) is 5.69. The first-order valence-electron chi connectivity index (χ1n) is 10.6. The lowest BCUT2D eigenvalue weighted by molar-refractivity contribution is -0.127. The number of halogens is 1. The zero-order valence-electron chi connectivity index (χ0n) is 19.3. The summed E-state index contributed by atoms with van der Waals surface area (Å²) in [5, 5.41) is 5.16. The van der Waals surface area contributed by atoms with Crippen molar-refractivity contribution >= 4 is 45.5 Å². The van der Waals surface area contributed by atoms with Crippen LogP contribution in [0.15, 0.2) is 46.6 Å². The molecule has 4 amide bonds. The van der Waals surface area contributed by atoms with Gasteiger partial charge >= 0.3 is 6.03 Å². The third-order valence-corrected chi connectivity index (χ3v) is 5.69. The van der Waals surface area contributed by atoms with E-state index in [4.69, 9.17) is 14.2 Å². The lowest BCUT2D eigenvalue weighted by Crippen LogP contribution is -2.38. The molecule has 0 unspecified atom stereocenters. The van der Waals surface area contributed by atoms with Crippen LogP contribution in [0.3, 0.4) is 0 Å². The van der Waals surface area contributed by atoms with E-state index in [0.29, 0.717) is 33.0 Å². The molecule has 10 heteroatoms. The van der Waals surface area contributed by atoms with Crippen molar-refractivity contribution in [3.05, 3.63) is 52.1 Å². The second kappa shape index (κ2) is 11.1. The zero-order valence-corrected chi connectivity index (χ0v) is 20.9. The standard InChI is InChI=1S/C24H26BrN3O6/c1-5-14(2)34-22-16(25)10-15(12-20(22)33-4)11-18-23(30)28(24(31)27-18)13-21(29)26-17-8-6-7-9-19(17)32-3/h6-12,14H,5,13H2,1-4H3,(H,26,29)(H,27,31)/b18-11+/t14-/m0/s1. The van der Waals surface area contributed by atoms with Gasteiger partial charge in [-0.1, -0.05) is 19.1 Å². The molecule has 180 valence electrons. The van der Waals surface area contributed by atoms with Gasteiger partial charge in [0, 0.05) is 0 Å². The molecule has 0 bridgehead atoms. The van der Waals surface area contributed by atoms with Crippen LogP contribution < -0.4 is 24.8 Å². The number of imide groups is 1. The number of nitrogens with one attached hydrogen (secondary N) is 2. The molecule has 0 saturated carbocycles. The Bertz CT molecular complexity index is 1130. The average Bonchev–Trinajstić information content (AvgIpc) is 3.07. The molecule has 2 aromatic carbocycles. The van der Waals surface area contributed by atoms with Gasteiger partial charge in [0.15, 0.2) is 11.5 Å². The molecule has 2 aromatic rings. The molecule has 1 aliphatic heterocycles. The van der Waals surface area contributed by atoms with E-state index in [1.54, 1.807) is 36.4 Å². The maximum absolute atomic E-state index is 12.8. The molecule has 0 aliphatic carbocycles. The number of ether oxygens (including phenoxy) is 3. The van der Waals surface area contributed by atoms with Crippen LogP contribution in [0.25, 0.3) is 6.08 Å². The number of amides is 4. The van der Waals surface area contributed by atoms with E-state index < -0.39 is 24.4 Å². The van der Waals surface area contributed by atoms with Crippen molar-refractivity contribution in [2.75, 3.05) is 26.1 Å². The lowest BCUT2D eigenvalue weighted by atomic mass is 10.1. The number of nitrogens with zero attached hydrogens (tertiary/aromatic N) is 1. The van der Waals surface area contributed by atoms with Gasteiger partial charge in [0.2, 0.25) is 5.91 Å². The first-order chi connectivity index (χ1) is 16.3. The number of hydrogen-bond donors (Lipinski definition) is 2. The van der Waals surface area contributed by atoms with Gasteiger partial charge in [-0.15, -0.1) is 0 Å². The van der Waals surface area contributed by atoms with Crippen molar-refractivity contribution in [3.8, 4) is 17.2 Å². The van der Waals surface area contributed by atoms with Crippen molar-refractivity contribution in [1.82, 2.24) is 10.2 Å². The first kappa shape index (κ1) is 25.1. The Balaban J connectivity index is 1.76. The molecule has 9 nitrogen and oxygen atoms in total. The summed E-state index contributed by atoms with van der Waals surface area (Å²) in [5.41, 5.74) is 1.08. The highest BCUT2D eigenvalue weighted by Gasteiger charge is 2.35. The topological polar surface area (TPSA) is 106 Å². The van der Waals surface area contributed by atoms with Gasteiger partial charge in [0.1, 0.15) is 18.0 Å². The minimum atomic E-state index is -0.686. The van der Waals surface area contributed by atoms with E-state index in [1.807, 2.05) is 13.8 Å². The van der Waals surface area contributed by atoms with Crippen LogP contribution in [0.2, 0.25) is 0 Å². The zero-order chi connectivity index (χ0) is 24.8. The third-order valence-electron chi connectivity index (χ3n) is 5.10. The van der Waals surface area contributed by atoms with Gasteiger partial charge in [0.05, 0.1) is 30.5 Å². The van der Waals surface area contributed by atoms with Crippen molar-refractivity contribution in [1.29, 1.82) is 0 Å². The van der Waals surface area contributed by atoms with Gasteiger partial charge in [0.25, 0.3) is 5.91 Å². The van der Waals surface area contributed by atoms with Crippen LogP contribution in [0.4, 0.5) is 10.5 Å². The summed E-state index contributed by atoms with van der Waals surface area (Å²) >= 11 is 3.48. The maximum atomic E-state index is 12.8. The minimum absolute atomic E-state index is 0.0133. The number of rotatable bonds is 9. The molecule has 1 atom stereocenters. The Morgan fingerprint density at radius 2 is 1.88 bits per heavy atom. The number of urea groups is 1. The second-order valence-corrected chi connectivity index (χ2v) is 8.35. The Hall–Kier alpha value is -3.53. The number of hydrogen-bond acceptors (Lipinski definition) is 6. The number of carbonyl (C=O) groups is 3. The SMILES string of the molecule is CC[C@H](C)Oc1c(Br)cc(/C=C2/NC(=O)N(CC(=O)Nc3ccccc3OC)C2=O)cc1OC. The highest BCUT2D eigenvalue weighted by molar-refractivity contribution is 9.10. The second-order valence-electron chi connectivity index (χ2n) is 7.50. The predicted molar refractivity (Wildman–Crippen MR) is 131 cm³/mol. The Kier molecular flexibility index (Phi) is 8.17. The highest BCUT2D eigenvalue weighted by atomic mass is 79.9. The van der Waals surface area contributed by atoms with Crippen LogP contribution in [0.5, 0.6) is 17.2 Å². The molecule has 0 spiro atoms. The van der Waals surface area contributed by atoms with Crippen molar-refractivity contribution in [3.63, 3.8) is 0 Å². The molecular weight excluding hydrogens is 506 g/mol. The fourth-order valence-corrected chi connectivity index (χ4v) is 3.74. The number of anilines is 1. The van der Waals surface area contributed by atoms with Gasteiger partial charge in [-0.05, 0) is 65.2 Å². The molecule has 1 aliphatic rings. The summed E-state index contributed by atoms with van der Waals surface area (Å²) in [6, 6.07) is 9.62. The predicted octanol–water partition coefficient (Wildman–Crippen LogP) is 4.18. The van der Waals surface area contributed by atoms with Crippen LogP contribution in [0.1, 0.15) is 25.8 Å². The summed E-state index contributed by atoms with van der Waals surface area (Å²) in [5.74, 6) is 0.344. The summed E-state index contributed by atoms with van der Waals surface area (Å²) < 4.78 is 17.2. The quantitative estimate of drug-likeness (QED) is 0.371. The van der Waals surface area contributed by atoms with Crippen LogP contribution in [-0.2, 0) is 9.59 Å². The van der Waals surface area contributed by atoms with Gasteiger partial charge in [-0.2, -0.15) is 0 Å².